The summed E-state index contributed by atoms with van der Waals surface area (Å²) in [6, 6.07) is 8.12. The van der Waals surface area contributed by atoms with Gasteiger partial charge in [-0.3, -0.25) is 4.79 Å². The fraction of sp³-hybridized carbons (Fsp3) is 0. The van der Waals surface area contributed by atoms with Crippen molar-refractivity contribution in [3.63, 3.8) is 0 Å². The second kappa shape index (κ2) is 4.69. The number of aromatic carboxylic acids is 1. The van der Waals surface area contributed by atoms with Gasteiger partial charge in [-0.15, -0.1) is 9.89 Å². The summed E-state index contributed by atoms with van der Waals surface area (Å²) in [7, 11) is 0. The average molecular weight is 262 g/mol. The number of carbonyl (C=O) groups excluding carboxylic acids is 1. The van der Waals surface area contributed by atoms with E-state index in [-0.39, 0.29) is 5.69 Å². The van der Waals surface area contributed by atoms with E-state index in [9.17, 15) is 14.7 Å². The molecule has 5 N–H and O–H groups in total. The molecule has 8 nitrogen and oxygen atoms in total. The van der Waals surface area contributed by atoms with E-state index in [0.29, 0.717) is 10.4 Å². The van der Waals surface area contributed by atoms with Gasteiger partial charge in [0.1, 0.15) is 5.69 Å². The first kappa shape index (κ1) is 12.4. The molecule has 0 bridgehead atoms. The number of nitrogens with one attached hydrogen (secondary N) is 1. The quantitative estimate of drug-likeness (QED) is 0.586. The zero-order chi connectivity index (χ0) is 14.0. The molecule has 1 heterocycles. The Labute approximate surface area is 107 Å². The third kappa shape index (κ3) is 2.32. The van der Waals surface area contributed by atoms with Crippen LogP contribution in [0.3, 0.4) is 0 Å². The summed E-state index contributed by atoms with van der Waals surface area (Å²) in [5.74, 6) is 2.61. The molecular weight excluding hydrogens is 252 g/mol. The van der Waals surface area contributed by atoms with E-state index in [2.05, 4.69) is 10.4 Å². The van der Waals surface area contributed by atoms with E-state index >= 15 is 0 Å². The molecule has 8 heteroatoms. The summed E-state index contributed by atoms with van der Waals surface area (Å²) in [6.07, 6.45) is 0. The molecule has 1 aromatic carbocycles. The SMILES string of the molecule is Nn1nc(C(=O)O)c(NC(=O)c2ccccc2)c1O. The Bertz CT molecular complexity index is 636. The first-order valence-corrected chi connectivity index (χ1v) is 5.17. The number of nitrogens with two attached hydrogens (primary N) is 1. The standard InChI is InChI=1S/C11H10N4O4/c12-15-10(17)7(8(14-15)11(18)19)13-9(16)6-4-2-1-3-5-6/h1-5,17H,12H2,(H,13,16)(H,18,19). The van der Waals surface area contributed by atoms with Crippen molar-refractivity contribution in [1.82, 2.24) is 9.89 Å². The Hall–Kier alpha value is -3.03. The number of amides is 1. The number of hydrogen-bond donors (Lipinski definition) is 4. The van der Waals surface area contributed by atoms with Gasteiger partial charge in [-0.05, 0) is 12.1 Å². The second-order valence-corrected chi connectivity index (χ2v) is 3.62. The van der Waals surface area contributed by atoms with Crippen molar-refractivity contribution >= 4 is 17.6 Å². The van der Waals surface area contributed by atoms with E-state index in [1.807, 2.05) is 0 Å². The van der Waals surface area contributed by atoms with Gasteiger partial charge in [0.2, 0.25) is 0 Å². The summed E-state index contributed by atoms with van der Waals surface area (Å²) >= 11 is 0. The normalized spacial score (nSPS) is 10.1. The van der Waals surface area contributed by atoms with E-state index in [1.165, 1.54) is 0 Å². The van der Waals surface area contributed by atoms with Crippen LogP contribution in [-0.2, 0) is 0 Å². The van der Waals surface area contributed by atoms with Crippen LogP contribution in [0.2, 0.25) is 0 Å². The summed E-state index contributed by atoms with van der Waals surface area (Å²) < 4.78 is 0. The zero-order valence-corrected chi connectivity index (χ0v) is 9.57. The lowest BCUT2D eigenvalue weighted by Crippen LogP contribution is -2.14. The highest BCUT2D eigenvalue weighted by Gasteiger charge is 2.23. The van der Waals surface area contributed by atoms with E-state index in [1.54, 1.807) is 30.3 Å². The van der Waals surface area contributed by atoms with Crippen LogP contribution in [0.4, 0.5) is 5.69 Å². The van der Waals surface area contributed by atoms with Crippen LogP contribution in [0.5, 0.6) is 5.88 Å². The fourth-order valence-corrected chi connectivity index (χ4v) is 1.47. The van der Waals surface area contributed by atoms with Gasteiger partial charge in [0.05, 0.1) is 0 Å². The molecule has 1 aromatic heterocycles. The lowest BCUT2D eigenvalue weighted by Gasteiger charge is -2.04. The van der Waals surface area contributed by atoms with E-state index in [4.69, 9.17) is 10.9 Å². The van der Waals surface area contributed by atoms with Gasteiger partial charge in [0.25, 0.3) is 11.8 Å². The molecule has 0 aliphatic heterocycles. The Morgan fingerprint density at radius 3 is 2.47 bits per heavy atom. The molecule has 0 atom stereocenters. The monoisotopic (exact) mass is 262 g/mol. The first-order chi connectivity index (χ1) is 9.00. The Balaban J connectivity index is 2.34. The molecule has 0 radical (unpaired) electrons. The maximum Gasteiger partial charge on any atom is 0.358 e. The van der Waals surface area contributed by atoms with Crippen molar-refractivity contribution in [2.75, 3.05) is 11.2 Å². The van der Waals surface area contributed by atoms with Gasteiger partial charge in [-0.25, -0.2) is 4.79 Å². The molecule has 2 aromatic rings. The molecule has 1 amide bonds. The molecule has 0 aliphatic rings. The minimum Gasteiger partial charge on any atom is -0.491 e. The van der Waals surface area contributed by atoms with Crippen molar-refractivity contribution in [3.05, 3.63) is 41.6 Å². The minimum atomic E-state index is -1.41. The maximum absolute atomic E-state index is 11.9. The molecule has 0 saturated carbocycles. The van der Waals surface area contributed by atoms with Crippen LogP contribution in [0.1, 0.15) is 20.8 Å². The predicted molar refractivity (Wildman–Crippen MR) is 65.4 cm³/mol. The smallest absolute Gasteiger partial charge is 0.358 e. The van der Waals surface area contributed by atoms with Gasteiger partial charge >= 0.3 is 5.97 Å². The van der Waals surface area contributed by atoms with Crippen LogP contribution in [0, 0.1) is 0 Å². The summed E-state index contributed by atoms with van der Waals surface area (Å²) in [5.41, 5.74) is -0.573. The number of anilines is 1. The number of rotatable bonds is 3. The zero-order valence-electron chi connectivity index (χ0n) is 9.57. The predicted octanol–water partition coefficient (Wildman–Crippen LogP) is 0.253. The first-order valence-electron chi connectivity index (χ1n) is 5.17. The number of benzene rings is 1. The summed E-state index contributed by atoms with van der Waals surface area (Å²) in [4.78, 5) is 23.2. The van der Waals surface area contributed by atoms with Crippen LogP contribution >= 0.6 is 0 Å². The van der Waals surface area contributed by atoms with Crippen molar-refractivity contribution < 1.29 is 19.8 Å². The number of carboxylic acid groups (broad SMARTS) is 1. The van der Waals surface area contributed by atoms with Gasteiger partial charge in [-0.2, -0.15) is 0 Å². The highest BCUT2D eigenvalue weighted by molar-refractivity contribution is 6.08. The average Bonchev–Trinajstić information content (AvgIpc) is 2.68. The number of nitrogens with zero attached hydrogens (tertiary/aromatic N) is 2. The topological polar surface area (TPSA) is 130 Å². The fourth-order valence-electron chi connectivity index (χ4n) is 1.47. The molecule has 98 valence electrons. The molecule has 0 aliphatic carbocycles. The third-order valence-electron chi connectivity index (χ3n) is 2.36. The van der Waals surface area contributed by atoms with Gasteiger partial charge in [0.15, 0.2) is 5.69 Å². The highest BCUT2D eigenvalue weighted by Crippen LogP contribution is 2.26. The van der Waals surface area contributed by atoms with Gasteiger partial charge in [-0.1, -0.05) is 18.2 Å². The van der Waals surface area contributed by atoms with Gasteiger partial charge in [0, 0.05) is 5.56 Å². The van der Waals surface area contributed by atoms with Crippen LogP contribution < -0.4 is 11.2 Å². The van der Waals surface area contributed by atoms with Gasteiger partial charge < -0.3 is 21.4 Å². The van der Waals surface area contributed by atoms with Crippen LogP contribution in [0.25, 0.3) is 0 Å². The molecule has 19 heavy (non-hydrogen) atoms. The Kier molecular flexibility index (Phi) is 3.06. The number of aromatic nitrogens is 2. The van der Waals surface area contributed by atoms with Crippen molar-refractivity contribution in [2.24, 2.45) is 0 Å². The van der Waals surface area contributed by atoms with Crippen molar-refractivity contribution in [3.8, 4) is 5.88 Å². The molecule has 0 spiro atoms. The number of carboxylic acids is 1. The number of carbonyl (C=O) groups is 2. The third-order valence-corrected chi connectivity index (χ3v) is 2.36. The molecule has 0 unspecified atom stereocenters. The maximum atomic E-state index is 11.9. The molecular formula is C11H10N4O4. The highest BCUT2D eigenvalue weighted by atomic mass is 16.4. The second-order valence-electron chi connectivity index (χ2n) is 3.62. The lowest BCUT2D eigenvalue weighted by molar-refractivity contribution is 0.0691. The van der Waals surface area contributed by atoms with Crippen molar-refractivity contribution in [2.45, 2.75) is 0 Å². The summed E-state index contributed by atoms with van der Waals surface area (Å²) in [5, 5.41) is 24.1. The Morgan fingerprint density at radius 2 is 1.89 bits per heavy atom. The van der Waals surface area contributed by atoms with Crippen LogP contribution in [0.15, 0.2) is 30.3 Å². The lowest BCUT2D eigenvalue weighted by atomic mass is 10.2. The molecule has 0 saturated heterocycles. The van der Waals surface area contributed by atoms with E-state index in [0.717, 1.165) is 0 Å². The molecule has 2 rings (SSSR count). The van der Waals surface area contributed by atoms with E-state index < -0.39 is 23.5 Å². The van der Waals surface area contributed by atoms with Crippen LogP contribution in [-0.4, -0.2) is 32.0 Å². The number of nitrogen functional groups attached to an aromatic ring is 1. The largest absolute Gasteiger partial charge is 0.491 e. The Morgan fingerprint density at radius 1 is 1.26 bits per heavy atom. The molecule has 0 fully saturated rings. The number of hydrogen-bond acceptors (Lipinski definition) is 5. The number of aromatic hydroxyl groups is 1. The summed E-state index contributed by atoms with van der Waals surface area (Å²) in [6.45, 7) is 0. The van der Waals surface area contributed by atoms with Crippen molar-refractivity contribution in [1.29, 1.82) is 0 Å². The minimum absolute atomic E-state index is 0.308.